The van der Waals surface area contributed by atoms with Gasteiger partial charge < -0.3 is 0 Å². The number of halogens is 1. The molecule has 7 heteroatoms. The van der Waals surface area contributed by atoms with E-state index in [0.29, 0.717) is 24.2 Å². The maximum atomic E-state index is 14.3. The molecule has 33 heavy (non-hydrogen) atoms. The van der Waals surface area contributed by atoms with Crippen molar-refractivity contribution < 1.29 is 9.18 Å². The SMILES string of the molecule is Cc1nc([C@H]2CCCN(Cc3ccccn3)C2)nc2c1CCC(=O)N2Cc1ccccc1F. The van der Waals surface area contributed by atoms with Gasteiger partial charge >= 0.3 is 0 Å². The van der Waals surface area contributed by atoms with Gasteiger partial charge in [0.2, 0.25) is 5.91 Å². The fraction of sp³-hybridized carbons (Fsp3) is 0.385. The van der Waals surface area contributed by atoms with Crippen LogP contribution in [0.3, 0.4) is 0 Å². The molecule has 170 valence electrons. The van der Waals surface area contributed by atoms with Crippen LogP contribution in [0.5, 0.6) is 0 Å². The molecule has 1 atom stereocenters. The highest BCUT2D eigenvalue weighted by Gasteiger charge is 2.31. The van der Waals surface area contributed by atoms with E-state index in [1.54, 1.807) is 23.1 Å². The Kier molecular flexibility index (Phi) is 6.13. The van der Waals surface area contributed by atoms with Crippen LogP contribution in [0.4, 0.5) is 10.2 Å². The Hall–Kier alpha value is -3.19. The fourth-order valence-electron chi connectivity index (χ4n) is 4.88. The number of piperidine rings is 1. The smallest absolute Gasteiger partial charge is 0.228 e. The van der Waals surface area contributed by atoms with Crippen LogP contribution in [-0.2, 0) is 24.3 Å². The molecule has 5 rings (SSSR count). The minimum atomic E-state index is -0.305. The van der Waals surface area contributed by atoms with Gasteiger partial charge in [0, 0.05) is 48.4 Å². The first-order valence-electron chi connectivity index (χ1n) is 11.6. The zero-order chi connectivity index (χ0) is 22.8. The van der Waals surface area contributed by atoms with Crippen LogP contribution in [0.1, 0.15) is 53.5 Å². The molecule has 2 aliphatic heterocycles. The molecule has 1 aromatic carbocycles. The predicted molar refractivity (Wildman–Crippen MR) is 124 cm³/mol. The van der Waals surface area contributed by atoms with Crippen LogP contribution in [0.15, 0.2) is 48.7 Å². The normalized spacial score (nSPS) is 18.9. The highest BCUT2D eigenvalue weighted by Crippen LogP contribution is 2.33. The predicted octanol–water partition coefficient (Wildman–Crippen LogP) is 4.18. The lowest BCUT2D eigenvalue weighted by molar-refractivity contribution is -0.119. The van der Waals surface area contributed by atoms with Crippen LogP contribution in [0.2, 0.25) is 0 Å². The Balaban J connectivity index is 1.42. The van der Waals surface area contributed by atoms with Crippen molar-refractivity contribution in [2.75, 3.05) is 18.0 Å². The summed E-state index contributed by atoms with van der Waals surface area (Å²) in [6, 6.07) is 12.6. The van der Waals surface area contributed by atoms with Crippen molar-refractivity contribution in [2.45, 2.75) is 51.6 Å². The molecule has 4 heterocycles. The number of carbonyl (C=O) groups excluding carboxylic acids is 1. The number of amides is 1. The number of hydrogen-bond acceptors (Lipinski definition) is 5. The van der Waals surface area contributed by atoms with Crippen molar-refractivity contribution in [3.05, 3.63) is 82.8 Å². The lowest BCUT2D eigenvalue weighted by Gasteiger charge is -2.34. The fourth-order valence-corrected chi connectivity index (χ4v) is 4.88. The van der Waals surface area contributed by atoms with Crippen molar-refractivity contribution >= 4 is 11.7 Å². The van der Waals surface area contributed by atoms with Crippen LogP contribution in [0.25, 0.3) is 0 Å². The van der Waals surface area contributed by atoms with E-state index in [4.69, 9.17) is 9.97 Å². The molecular formula is C26H28FN5O. The Labute approximate surface area is 193 Å². The summed E-state index contributed by atoms with van der Waals surface area (Å²) < 4.78 is 14.3. The van der Waals surface area contributed by atoms with Crippen LogP contribution >= 0.6 is 0 Å². The summed E-state index contributed by atoms with van der Waals surface area (Å²) in [5.74, 6) is 1.30. The van der Waals surface area contributed by atoms with E-state index in [-0.39, 0.29) is 24.2 Å². The van der Waals surface area contributed by atoms with Gasteiger partial charge in [-0.05, 0) is 50.9 Å². The molecular weight excluding hydrogens is 417 g/mol. The number of anilines is 1. The van der Waals surface area contributed by atoms with Gasteiger partial charge in [0.15, 0.2) is 0 Å². The quantitative estimate of drug-likeness (QED) is 0.590. The summed E-state index contributed by atoms with van der Waals surface area (Å²) in [5.41, 5.74) is 3.47. The van der Waals surface area contributed by atoms with Crippen LogP contribution < -0.4 is 4.90 Å². The Morgan fingerprint density at radius 2 is 1.91 bits per heavy atom. The average Bonchev–Trinajstić information content (AvgIpc) is 2.83. The molecule has 1 saturated heterocycles. The number of benzene rings is 1. The average molecular weight is 446 g/mol. The van der Waals surface area contributed by atoms with Crippen molar-refractivity contribution in [1.82, 2.24) is 19.9 Å². The minimum Gasteiger partial charge on any atom is -0.297 e. The molecule has 3 aromatic rings. The number of hydrogen-bond donors (Lipinski definition) is 0. The summed E-state index contributed by atoms with van der Waals surface area (Å²) in [5, 5.41) is 0. The molecule has 6 nitrogen and oxygen atoms in total. The maximum Gasteiger partial charge on any atom is 0.228 e. The summed E-state index contributed by atoms with van der Waals surface area (Å²) in [4.78, 5) is 31.2. The number of aryl methyl sites for hydroxylation is 1. The van der Waals surface area contributed by atoms with Gasteiger partial charge in [-0.3, -0.25) is 19.6 Å². The Bertz CT molecular complexity index is 1150. The second-order valence-corrected chi connectivity index (χ2v) is 8.94. The number of rotatable bonds is 5. The second kappa shape index (κ2) is 9.35. The molecule has 0 aliphatic carbocycles. The van der Waals surface area contributed by atoms with Crippen LogP contribution in [-0.4, -0.2) is 38.8 Å². The van der Waals surface area contributed by atoms with E-state index >= 15 is 0 Å². The number of likely N-dealkylation sites (tertiary alicyclic amines) is 1. The summed E-state index contributed by atoms with van der Waals surface area (Å²) in [6.07, 6.45) is 4.93. The van der Waals surface area contributed by atoms with E-state index < -0.39 is 0 Å². The summed E-state index contributed by atoms with van der Waals surface area (Å²) >= 11 is 0. The number of aromatic nitrogens is 3. The van der Waals surface area contributed by atoms with E-state index in [0.717, 1.165) is 55.3 Å². The zero-order valence-electron chi connectivity index (χ0n) is 18.9. The Morgan fingerprint density at radius 3 is 2.73 bits per heavy atom. The molecule has 0 spiro atoms. The first kappa shape index (κ1) is 21.6. The van der Waals surface area contributed by atoms with E-state index in [1.807, 2.05) is 25.3 Å². The van der Waals surface area contributed by atoms with Gasteiger partial charge in [0.25, 0.3) is 0 Å². The van der Waals surface area contributed by atoms with Crippen LogP contribution in [0, 0.1) is 12.7 Å². The highest BCUT2D eigenvalue weighted by molar-refractivity contribution is 5.95. The van der Waals surface area contributed by atoms with Gasteiger partial charge in [-0.25, -0.2) is 14.4 Å². The molecule has 0 N–H and O–H groups in total. The maximum absolute atomic E-state index is 14.3. The van der Waals surface area contributed by atoms with Gasteiger partial charge in [0.05, 0.1) is 12.2 Å². The molecule has 2 aromatic heterocycles. The van der Waals surface area contributed by atoms with E-state index in [9.17, 15) is 9.18 Å². The third kappa shape index (κ3) is 4.64. The summed E-state index contributed by atoms with van der Waals surface area (Å²) in [6.45, 7) is 4.87. The molecule has 1 amide bonds. The molecule has 0 saturated carbocycles. The van der Waals surface area contributed by atoms with Gasteiger partial charge in [0.1, 0.15) is 17.5 Å². The first-order chi connectivity index (χ1) is 16.1. The van der Waals surface area contributed by atoms with Crippen molar-refractivity contribution in [3.8, 4) is 0 Å². The third-order valence-corrected chi connectivity index (χ3v) is 6.62. The number of nitrogens with zero attached hydrogens (tertiary/aromatic N) is 5. The standard InChI is InChI=1S/C26H28FN5O/c1-18-22-11-12-24(33)32(16-19-7-2-3-10-23(19)27)26(22)30-25(29-18)20-8-6-14-31(15-20)17-21-9-4-5-13-28-21/h2-5,7,9-10,13,20H,6,8,11-12,14-17H2,1H3/t20-/m0/s1. The largest absolute Gasteiger partial charge is 0.297 e. The van der Waals surface area contributed by atoms with Crippen molar-refractivity contribution in [3.63, 3.8) is 0 Å². The number of carbonyl (C=O) groups is 1. The molecule has 0 bridgehead atoms. The molecule has 1 fully saturated rings. The second-order valence-electron chi connectivity index (χ2n) is 8.94. The molecule has 2 aliphatic rings. The van der Waals surface area contributed by atoms with Gasteiger partial charge in [-0.1, -0.05) is 24.3 Å². The third-order valence-electron chi connectivity index (χ3n) is 6.62. The minimum absolute atomic E-state index is 0.0183. The van der Waals surface area contributed by atoms with Gasteiger partial charge in [-0.15, -0.1) is 0 Å². The number of pyridine rings is 1. The monoisotopic (exact) mass is 445 g/mol. The summed E-state index contributed by atoms with van der Waals surface area (Å²) in [7, 11) is 0. The molecule has 0 radical (unpaired) electrons. The van der Waals surface area contributed by atoms with Crippen molar-refractivity contribution in [1.29, 1.82) is 0 Å². The van der Waals surface area contributed by atoms with E-state index in [1.165, 1.54) is 6.07 Å². The first-order valence-corrected chi connectivity index (χ1v) is 11.6. The molecule has 0 unspecified atom stereocenters. The Morgan fingerprint density at radius 1 is 1.06 bits per heavy atom. The lowest BCUT2D eigenvalue weighted by atomic mass is 9.95. The lowest BCUT2D eigenvalue weighted by Crippen LogP contribution is -2.38. The zero-order valence-corrected chi connectivity index (χ0v) is 18.9. The number of fused-ring (bicyclic) bond motifs is 1. The van der Waals surface area contributed by atoms with Gasteiger partial charge in [-0.2, -0.15) is 0 Å². The van der Waals surface area contributed by atoms with E-state index in [2.05, 4.69) is 16.0 Å². The topological polar surface area (TPSA) is 62.2 Å². The highest BCUT2D eigenvalue weighted by atomic mass is 19.1. The van der Waals surface area contributed by atoms with Crippen molar-refractivity contribution in [2.24, 2.45) is 0 Å².